The molecule has 1 atom stereocenters. The molecule has 0 aliphatic carbocycles. The second kappa shape index (κ2) is 7.58. The van der Waals surface area contributed by atoms with Gasteiger partial charge in [-0.1, -0.05) is 26.7 Å². The number of non-ortho nitro benzene ring substituents is 1. The van der Waals surface area contributed by atoms with E-state index in [2.05, 4.69) is 5.32 Å². The second-order valence-electron chi connectivity index (χ2n) is 4.82. The van der Waals surface area contributed by atoms with E-state index < -0.39 is 17.0 Å². The smallest absolute Gasteiger partial charge is 0.337 e. The Morgan fingerprint density at radius 1 is 1.38 bits per heavy atom. The van der Waals surface area contributed by atoms with Gasteiger partial charge in [-0.3, -0.25) is 10.1 Å². The van der Waals surface area contributed by atoms with Crippen LogP contribution in [0.2, 0.25) is 0 Å². The molecule has 1 unspecified atom stereocenters. The first-order valence-electron chi connectivity index (χ1n) is 6.84. The van der Waals surface area contributed by atoms with Gasteiger partial charge in [-0.05, 0) is 12.0 Å². The summed E-state index contributed by atoms with van der Waals surface area (Å²) in [4.78, 5) is 21.3. The molecule has 7 heteroatoms. The van der Waals surface area contributed by atoms with Crippen LogP contribution in [0.25, 0.3) is 0 Å². The number of aromatic carboxylic acids is 1. The van der Waals surface area contributed by atoms with E-state index in [-0.39, 0.29) is 29.4 Å². The number of carboxylic acids is 1. The molecule has 1 aromatic carbocycles. The molecule has 0 aliphatic rings. The van der Waals surface area contributed by atoms with Crippen LogP contribution in [0.15, 0.2) is 18.2 Å². The minimum Gasteiger partial charge on any atom is -0.478 e. The van der Waals surface area contributed by atoms with Gasteiger partial charge in [-0.15, -0.1) is 0 Å². The highest BCUT2D eigenvalue weighted by Gasteiger charge is 2.19. The molecule has 0 radical (unpaired) electrons. The quantitative estimate of drug-likeness (QED) is 0.502. The Morgan fingerprint density at radius 2 is 2.00 bits per heavy atom. The molecule has 1 rings (SSSR count). The van der Waals surface area contributed by atoms with Crippen LogP contribution in [0.4, 0.5) is 11.4 Å². The third-order valence-electron chi connectivity index (χ3n) is 3.54. The molecular weight excluding hydrogens is 276 g/mol. The zero-order valence-electron chi connectivity index (χ0n) is 12.1. The molecule has 0 aromatic heterocycles. The van der Waals surface area contributed by atoms with E-state index in [9.17, 15) is 20.0 Å². The van der Waals surface area contributed by atoms with E-state index in [0.29, 0.717) is 0 Å². The van der Waals surface area contributed by atoms with Gasteiger partial charge in [-0.2, -0.15) is 0 Å². The number of anilines is 1. The van der Waals surface area contributed by atoms with Crippen molar-refractivity contribution in [1.29, 1.82) is 0 Å². The molecule has 0 saturated heterocycles. The molecule has 0 spiro atoms. The zero-order valence-corrected chi connectivity index (χ0v) is 12.1. The molecule has 3 N–H and O–H groups in total. The Morgan fingerprint density at radius 3 is 2.48 bits per heavy atom. The summed E-state index contributed by atoms with van der Waals surface area (Å²) < 4.78 is 0. The van der Waals surface area contributed by atoms with Crippen molar-refractivity contribution in [3.05, 3.63) is 33.9 Å². The van der Waals surface area contributed by atoms with Gasteiger partial charge < -0.3 is 15.5 Å². The van der Waals surface area contributed by atoms with Gasteiger partial charge >= 0.3 is 5.97 Å². The normalized spacial score (nSPS) is 12.2. The fourth-order valence-corrected chi connectivity index (χ4v) is 2.19. The Hall–Kier alpha value is -2.15. The van der Waals surface area contributed by atoms with Gasteiger partial charge in [-0.25, -0.2) is 4.79 Å². The summed E-state index contributed by atoms with van der Waals surface area (Å²) in [7, 11) is 0. The van der Waals surface area contributed by atoms with Crippen LogP contribution in [-0.2, 0) is 0 Å². The maximum atomic E-state index is 11.1. The van der Waals surface area contributed by atoms with Crippen molar-refractivity contribution >= 4 is 17.3 Å². The number of carbonyl (C=O) groups is 1. The minimum atomic E-state index is -1.18. The number of aliphatic hydroxyl groups excluding tert-OH is 1. The van der Waals surface area contributed by atoms with Gasteiger partial charge in [0.05, 0.1) is 22.3 Å². The number of nitro benzene ring substituents is 1. The van der Waals surface area contributed by atoms with Gasteiger partial charge in [0.25, 0.3) is 5.69 Å². The molecule has 21 heavy (non-hydrogen) atoms. The van der Waals surface area contributed by atoms with Crippen LogP contribution in [-0.4, -0.2) is 33.8 Å². The van der Waals surface area contributed by atoms with Crippen molar-refractivity contribution in [2.24, 2.45) is 5.92 Å². The first kappa shape index (κ1) is 16.9. The van der Waals surface area contributed by atoms with E-state index >= 15 is 0 Å². The summed E-state index contributed by atoms with van der Waals surface area (Å²) in [6.07, 6.45) is 0.973. The topological polar surface area (TPSA) is 113 Å². The Bertz CT molecular complexity index is 514. The SMILES string of the molecule is CCC(CC)C(O)CNc1cc([N+](=O)[O-])ccc1C(=O)O. The molecule has 0 amide bonds. The monoisotopic (exact) mass is 296 g/mol. The number of benzene rings is 1. The number of nitrogens with zero attached hydrogens (tertiary/aromatic N) is 1. The summed E-state index contributed by atoms with van der Waals surface area (Å²) in [6.45, 7) is 4.08. The standard InChI is InChI=1S/C14H20N2O5/c1-3-9(4-2)13(17)8-15-12-7-10(16(20)21)5-6-11(12)14(18)19/h5-7,9,13,15,17H,3-4,8H2,1-2H3,(H,18,19). The molecule has 0 heterocycles. The maximum absolute atomic E-state index is 11.1. The molecule has 0 fully saturated rings. The number of nitrogens with one attached hydrogen (secondary N) is 1. The second-order valence-corrected chi connectivity index (χ2v) is 4.82. The number of rotatable bonds is 8. The molecule has 0 saturated carbocycles. The summed E-state index contributed by atoms with van der Waals surface area (Å²) >= 11 is 0. The van der Waals surface area contributed by atoms with Gasteiger partial charge in [0.15, 0.2) is 0 Å². The van der Waals surface area contributed by atoms with Crippen LogP contribution in [0, 0.1) is 16.0 Å². The predicted molar refractivity (Wildman–Crippen MR) is 78.6 cm³/mol. The van der Waals surface area contributed by atoms with Crippen LogP contribution in [0.3, 0.4) is 0 Å². The number of nitro groups is 1. The largest absolute Gasteiger partial charge is 0.478 e. The van der Waals surface area contributed by atoms with Crippen molar-refractivity contribution in [3.63, 3.8) is 0 Å². The highest BCUT2D eigenvalue weighted by atomic mass is 16.6. The third-order valence-corrected chi connectivity index (χ3v) is 3.54. The Kier molecular flexibility index (Phi) is 6.10. The summed E-state index contributed by atoms with van der Waals surface area (Å²) in [6, 6.07) is 3.50. The molecule has 7 nitrogen and oxygen atoms in total. The lowest BCUT2D eigenvalue weighted by Gasteiger charge is -2.21. The number of hydrogen-bond acceptors (Lipinski definition) is 5. The highest BCUT2D eigenvalue weighted by Crippen LogP contribution is 2.23. The van der Waals surface area contributed by atoms with Crippen molar-refractivity contribution < 1.29 is 19.9 Å². The zero-order chi connectivity index (χ0) is 16.0. The van der Waals surface area contributed by atoms with E-state index in [4.69, 9.17) is 5.11 Å². The van der Waals surface area contributed by atoms with E-state index in [1.54, 1.807) is 0 Å². The van der Waals surface area contributed by atoms with E-state index in [1.165, 1.54) is 12.1 Å². The lowest BCUT2D eigenvalue weighted by molar-refractivity contribution is -0.384. The van der Waals surface area contributed by atoms with Crippen LogP contribution < -0.4 is 5.32 Å². The van der Waals surface area contributed by atoms with Crippen LogP contribution in [0.1, 0.15) is 37.0 Å². The van der Waals surface area contributed by atoms with Crippen LogP contribution >= 0.6 is 0 Å². The van der Waals surface area contributed by atoms with Crippen molar-refractivity contribution in [2.45, 2.75) is 32.8 Å². The molecule has 0 aliphatic heterocycles. The molecule has 116 valence electrons. The maximum Gasteiger partial charge on any atom is 0.337 e. The lowest BCUT2D eigenvalue weighted by Crippen LogP contribution is -2.28. The van der Waals surface area contributed by atoms with E-state index in [1.807, 2.05) is 13.8 Å². The first-order chi connectivity index (χ1) is 9.90. The lowest BCUT2D eigenvalue weighted by atomic mass is 9.96. The van der Waals surface area contributed by atoms with Crippen molar-refractivity contribution in [2.75, 3.05) is 11.9 Å². The van der Waals surface area contributed by atoms with Gasteiger partial charge in [0.2, 0.25) is 0 Å². The summed E-state index contributed by atoms with van der Waals surface area (Å²) in [5.41, 5.74) is -0.112. The summed E-state index contributed by atoms with van der Waals surface area (Å²) in [5.74, 6) is -1.08. The fraction of sp³-hybridized carbons (Fsp3) is 0.500. The number of carboxylic acid groups (broad SMARTS) is 1. The van der Waals surface area contributed by atoms with Gasteiger partial charge in [0.1, 0.15) is 0 Å². The number of aliphatic hydroxyl groups is 1. The molecular formula is C14H20N2O5. The van der Waals surface area contributed by atoms with Crippen molar-refractivity contribution in [3.8, 4) is 0 Å². The first-order valence-corrected chi connectivity index (χ1v) is 6.84. The van der Waals surface area contributed by atoms with Crippen LogP contribution in [0.5, 0.6) is 0 Å². The number of hydrogen-bond donors (Lipinski definition) is 3. The highest BCUT2D eigenvalue weighted by molar-refractivity contribution is 5.94. The Balaban J connectivity index is 2.92. The summed E-state index contributed by atoms with van der Waals surface area (Å²) in [5, 5.41) is 32.7. The average Bonchev–Trinajstić information content (AvgIpc) is 2.45. The predicted octanol–water partition coefficient (Wildman–Crippen LogP) is 2.50. The minimum absolute atomic E-state index is 0.0580. The van der Waals surface area contributed by atoms with Gasteiger partial charge in [0, 0.05) is 18.7 Å². The average molecular weight is 296 g/mol. The Labute approximate surface area is 122 Å². The fourth-order valence-electron chi connectivity index (χ4n) is 2.19. The third kappa shape index (κ3) is 4.42. The van der Waals surface area contributed by atoms with E-state index in [0.717, 1.165) is 18.9 Å². The molecule has 0 bridgehead atoms. The molecule has 1 aromatic rings. The van der Waals surface area contributed by atoms with Crippen molar-refractivity contribution in [1.82, 2.24) is 0 Å².